The van der Waals surface area contributed by atoms with E-state index in [1.807, 2.05) is 0 Å². The van der Waals surface area contributed by atoms with E-state index in [2.05, 4.69) is 0 Å². The third-order valence-electron chi connectivity index (χ3n) is 2.02. The van der Waals surface area contributed by atoms with E-state index in [0.29, 0.717) is 0 Å². The van der Waals surface area contributed by atoms with Gasteiger partial charge in [0.25, 0.3) is 0 Å². The van der Waals surface area contributed by atoms with Crippen LogP contribution in [-0.2, 0) is 4.79 Å². The number of aliphatic carboxylic acids is 1. The van der Waals surface area contributed by atoms with Crippen LogP contribution in [0.2, 0.25) is 0 Å². The van der Waals surface area contributed by atoms with E-state index in [-0.39, 0.29) is 0 Å². The number of carboxylic acids is 1. The topological polar surface area (TPSA) is 37.3 Å². The Hall–Kier alpha value is -0.240. The molecule has 0 atom stereocenters. The van der Waals surface area contributed by atoms with Gasteiger partial charge in [-0.15, -0.1) is 11.6 Å². The van der Waals surface area contributed by atoms with E-state index in [9.17, 15) is 4.79 Å². The number of carboxylic acid groups (broad SMARTS) is 1. The first kappa shape index (κ1) is 9.76. The average Bonchev–Trinajstić information content (AvgIpc) is 1.62. The van der Waals surface area contributed by atoms with Crippen LogP contribution in [0.25, 0.3) is 0 Å². The van der Waals surface area contributed by atoms with Crippen LogP contribution in [0.3, 0.4) is 0 Å². The molecule has 2 nitrogen and oxygen atoms in total. The Kier molecular flexibility index (Phi) is 2.36. The maximum absolute atomic E-state index is 10.6. The molecule has 0 amide bonds. The zero-order valence-electron chi connectivity index (χ0n) is 6.73. The maximum atomic E-state index is 10.6. The van der Waals surface area contributed by atoms with E-state index < -0.39 is 16.3 Å². The fraction of sp³-hybridized carbons (Fsp3) is 0.857. The van der Waals surface area contributed by atoms with Crippen LogP contribution in [0.5, 0.6) is 0 Å². The number of hydrogen-bond acceptors (Lipinski definition) is 1. The van der Waals surface area contributed by atoms with Crippen molar-refractivity contribution in [1.29, 1.82) is 0 Å². The second kappa shape index (κ2) is 2.42. The maximum Gasteiger partial charge on any atom is 0.310 e. The van der Waals surface area contributed by atoms with Crippen LogP contribution < -0.4 is 0 Å². The summed E-state index contributed by atoms with van der Waals surface area (Å²) >= 11 is 5.84. The summed E-state index contributed by atoms with van der Waals surface area (Å²) in [6.07, 6.45) is 0. The van der Waals surface area contributed by atoms with E-state index in [1.54, 1.807) is 27.7 Å². The second-order valence-corrected chi connectivity index (χ2v) is 4.35. The lowest BCUT2D eigenvalue weighted by atomic mass is 9.81. The van der Waals surface area contributed by atoms with Gasteiger partial charge < -0.3 is 5.11 Å². The van der Waals surface area contributed by atoms with Crippen molar-refractivity contribution in [2.24, 2.45) is 5.41 Å². The van der Waals surface area contributed by atoms with Crippen molar-refractivity contribution < 1.29 is 9.90 Å². The van der Waals surface area contributed by atoms with Gasteiger partial charge in [0, 0.05) is 0 Å². The molecular formula is C7H13ClO2. The normalized spacial score (nSPS) is 13.3. The fourth-order valence-electron chi connectivity index (χ4n) is 0.254. The Labute approximate surface area is 66.2 Å². The van der Waals surface area contributed by atoms with Crippen molar-refractivity contribution in [3.63, 3.8) is 0 Å². The lowest BCUT2D eigenvalue weighted by Gasteiger charge is -2.31. The summed E-state index contributed by atoms with van der Waals surface area (Å²) in [5.74, 6) is -0.868. The van der Waals surface area contributed by atoms with Gasteiger partial charge in [-0.05, 0) is 27.7 Å². The Balaban J connectivity index is 4.57. The molecule has 0 bridgehead atoms. The second-order valence-electron chi connectivity index (χ2n) is 3.40. The molecule has 0 heterocycles. The standard InChI is InChI=1S/C7H13ClO2/c1-6(2,5(9)10)7(3,4)8/h1-4H3,(H,9,10). The van der Waals surface area contributed by atoms with E-state index >= 15 is 0 Å². The highest BCUT2D eigenvalue weighted by atomic mass is 35.5. The lowest BCUT2D eigenvalue weighted by molar-refractivity contribution is -0.148. The largest absolute Gasteiger partial charge is 0.481 e. The van der Waals surface area contributed by atoms with E-state index in [4.69, 9.17) is 16.7 Å². The Morgan fingerprint density at radius 2 is 1.60 bits per heavy atom. The quantitative estimate of drug-likeness (QED) is 0.635. The predicted octanol–water partition coefficient (Wildman–Crippen LogP) is 2.11. The number of hydrogen-bond donors (Lipinski definition) is 1. The van der Waals surface area contributed by atoms with Crippen LogP contribution in [0.4, 0.5) is 0 Å². The van der Waals surface area contributed by atoms with Crippen LogP contribution in [0, 0.1) is 5.41 Å². The summed E-state index contributed by atoms with van der Waals surface area (Å²) in [7, 11) is 0. The first-order valence-corrected chi connectivity index (χ1v) is 3.49. The van der Waals surface area contributed by atoms with Gasteiger partial charge in [0.15, 0.2) is 0 Å². The molecule has 3 heteroatoms. The Bertz CT molecular complexity index is 144. The van der Waals surface area contributed by atoms with E-state index in [1.165, 1.54) is 0 Å². The molecule has 0 unspecified atom stereocenters. The van der Waals surface area contributed by atoms with Crippen molar-refractivity contribution >= 4 is 17.6 Å². The third kappa shape index (κ3) is 1.63. The van der Waals surface area contributed by atoms with Crippen LogP contribution >= 0.6 is 11.6 Å². The predicted molar refractivity (Wildman–Crippen MR) is 41.3 cm³/mol. The summed E-state index contributed by atoms with van der Waals surface area (Å²) in [6.45, 7) is 6.62. The molecule has 0 aromatic heterocycles. The SMILES string of the molecule is CC(C)(Cl)C(C)(C)C(=O)O. The number of halogens is 1. The van der Waals surface area contributed by atoms with Gasteiger partial charge in [-0.25, -0.2) is 0 Å². The highest BCUT2D eigenvalue weighted by Crippen LogP contribution is 2.35. The zero-order chi connectivity index (χ0) is 8.58. The summed E-state index contributed by atoms with van der Waals surface area (Å²) in [5.41, 5.74) is -0.880. The average molecular weight is 165 g/mol. The van der Waals surface area contributed by atoms with Crippen molar-refractivity contribution in [3.8, 4) is 0 Å². The van der Waals surface area contributed by atoms with Crippen LogP contribution in [0.1, 0.15) is 27.7 Å². The molecule has 0 aromatic carbocycles. The van der Waals surface area contributed by atoms with E-state index in [0.717, 1.165) is 0 Å². The van der Waals surface area contributed by atoms with Crippen molar-refractivity contribution in [1.82, 2.24) is 0 Å². The van der Waals surface area contributed by atoms with Gasteiger partial charge in [0.05, 0.1) is 10.3 Å². The summed E-state index contributed by atoms with van der Waals surface area (Å²) in [4.78, 5) is 9.87. The molecule has 0 fully saturated rings. The van der Waals surface area contributed by atoms with Gasteiger partial charge in [-0.2, -0.15) is 0 Å². The van der Waals surface area contributed by atoms with Crippen LogP contribution in [0.15, 0.2) is 0 Å². The van der Waals surface area contributed by atoms with Crippen molar-refractivity contribution in [2.75, 3.05) is 0 Å². The Morgan fingerprint density at radius 3 is 1.60 bits per heavy atom. The molecule has 0 spiro atoms. The summed E-state index contributed by atoms with van der Waals surface area (Å²) < 4.78 is 0. The minimum atomic E-state index is -0.880. The van der Waals surface area contributed by atoms with Gasteiger partial charge in [0.2, 0.25) is 0 Å². The molecular weight excluding hydrogens is 152 g/mol. The van der Waals surface area contributed by atoms with Gasteiger partial charge in [-0.3, -0.25) is 4.79 Å². The highest BCUT2D eigenvalue weighted by Gasteiger charge is 2.41. The minimum Gasteiger partial charge on any atom is -0.481 e. The molecule has 60 valence electrons. The molecule has 0 aliphatic carbocycles. The molecule has 10 heavy (non-hydrogen) atoms. The monoisotopic (exact) mass is 164 g/mol. The summed E-state index contributed by atoms with van der Waals surface area (Å²) in [6, 6.07) is 0. The first-order valence-electron chi connectivity index (χ1n) is 3.12. The Morgan fingerprint density at radius 1 is 1.30 bits per heavy atom. The molecule has 0 aliphatic rings. The first-order chi connectivity index (χ1) is 4.19. The zero-order valence-corrected chi connectivity index (χ0v) is 7.49. The number of alkyl halides is 1. The molecule has 0 saturated carbocycles. The molecule has 0 saturated heterocycles. The molecule has 0 radical (unpaired) electrons. The van der Waals surface area contributed by atoms with Crippen molar-refractivity contribution in [3.05, 3.63) is 0 Å². The van der Waals surface area contributed by atoms with Crippen molar-refractivity contribution in [2.45, 2.75) is 32.6 Å². The molecule has 0 aliphatic heterocycles. The number of carbonyl (C=O) groups is 1. The lowest BCUT2D eigenvalue weighted by Crippen LogP contribution is -2.40. The van der Waals surface area contributed by atoms with Gasteiger partial charge in [-0.1, -0.05) is 0 Å². The summed E-state index contributed by atoms with van der Waals surface area (Å²) in [5, 5.41) is 8.69. The number of rotatable bonds is 2. The van der Waals surface area contributed by atoms with Crippen LogP contribution in [-0.4, -0.2) is 16.0 Å². The van der Waals surface area contributed by atoms with Gasteiger partial charge in [0.1, 0.15) is 0 Å². The smallest absolute Gasteiger partial charge is 0.310 e. The fourth-order valence-corrected chi connectivity index (χ4v) is 0.335. The molecule has 0 rings (SSSR count). The van der Waals surface area contributed by atoms with Gasteiger partial charge >= 0.3 is 5.97 Å². The highest BCUT2D eigenvalue weighted by molar-refractivity contribution is 6.25. The molecule has 0 aromatic rings. The minimum absolute atomic E-state index is 0.709. The molecule has 1 N–H and O–H groups in total. The third-order valence-corrected chi connectivity index (χ3v) is 2.49.